The Kier molecular flexibility index (Phi) is 5.98. The molecular formula is C22H24N2O5S. The predicted molar refractivity (Wildman–Crippen MR) is 117 cm³/mol. The van der Waals surface area contributed by atoms with Crippen molar-refractivity contribution < 1.29 is 22.7 Å². The van der Waals surface area contributed by atoms with Gasteiger partial charge < -0.3 is 4.74 Å². The van der Waals surface area contributed by atoms with E-state index in [0.29, 0.717) is 16.6 Å². The average molecular weight is 429 g/mol. The van der Waals surface area contributed by atoms with Crippen LogP contribution in [0.2, 0.25) is 0 Å². The van der Waals surface area contributed by atoms with Crippen LogP contribution in [0.1, 0.15) is 34.6 Å². The van der Waals surface area contributed by atoms with E-state index in [1.807, 2.05) is 19.1 Å². The van der Waals surface area contributed by atoms with Gasteiger partial charge in [0.2, 0.25) is 10.0 Å². The Bertz CT molecular complexity index is 1200. The first kappa shape index (κ1) is 21.6. The topological polar surface area (TPSA) is 85.7 Å². The number of para-hydroxylation sites is 1. The molecule has 1 aromatic heterocycles. The molecule has 0 radical (unpaired) electrons. The summed E-state index contributed by atoms with van der Waals surface area (Å²) in [6, 6.07) is 12.9. The number of fused-ring (bicyclic) bond motifs is 1. The second kappa shape index (κ2) is 8.31. The van der Waals surface area contributed by atoms with Crippen LogP contribution in [-0.4, -0.2) is 44.3 Å². The number of carbonyl (C=O) groups is 2. The van der Waals surface area contributed by atoms with Gasteiger partial charge in [0.25, 0.3) is 5.91 Å². The summed E-state index contributed by atoms with van der Waals surface area (Å²) < 4.78 is 32.4. The number of methoxy groups -OCH3 is 1. The van der Waals surface area contributed by atoms with Crippen molar-refractivity contribution >= 4 is 38.5 Å². The number of carbonyl (C=O) groups excluding carboxylic acids is 2. The lowest BCUT2D eigenvalue weighted by molar-refractivity contribution is 0.0603. The maximum Gasteiger partial charge on any atom is 0.340 e. The van der Waals surface area contributed by atoms with Crippen LogP contribution >= 0.6 is 0 Å². The zero-order valence-corrected chi connectivity index (χ0v) is 18.1. The first-order chi connectivity index (χ1) is 14.2. The summed E-state index contributed by atoms with van der Waals surface area (Å²) in [5, 5.41) is 0.558. The molecular weight excluding hydrogens is 404 g/mol. The first-order valence-corrected chi connectivity index (χ1v) is 11.3. The van der Waals surface area contributed by atoms with E-state index in [0.717, 1.165) is 22.5 Å². The molecule has 1 heterocycles. The SMILES string of the molecule is CCc1ccc(N([C@@H](C)C(=O)n2cc(C(=O)OC)c3ccccc32)S(C)(=O)=O)cc1. The number of benzene rings is 2. The van der Waals surface area contributed by atoms with E-state index in [1.54, 1.807) is 36.4 Å². The highest BCUT2D eigenvalue weighted by Crippen LogP contribution is 2.26. The lowest BCUT2D eigenvalue weighted by atomic mass is 10.1. The highest BCUT2D eigenvalue weighted by Gasteiger charge is 2.31. The lowest BCUT2D eigenvalue weighted by Gasteiger charge is -2.28. The predicted octanol–water partition coefficient (Wildman–Crippen LogP) is 3.49. The molecule has 30 heavy (non-hydrogen) atoms. The van der Waals surface area contributed by atoms with Crippen LogP contribution in [0.4, 0.5) is 5.69 Å². The average Bonchev–Trinajstić information content (AvgIpc) is 3.12. The maximum atomic E-state index is 13.4. The molecule has 0 aliphatic heterocycles. The molecule has 0 unspecified atom stereocenters. The zero-order valence-electron chi connectivity index (χ0n) is 17.3. The fraction of sp³-hybridized carbons (Fsp3) is 0.273. The Labute approximate surface area is 175 Å². The van der Waals surface area contributed by atoms with Gasteiger partial charge in [0, 0.05) is 11.6 Å². The third-order valence-electron chi connectivity index (χ3n) is 5.02. The van der Waals surface area contributed by atoms with Crippen LogP contribution in [0.3, 0.4) is 0 Å². The van der Waals surface area contributed by atoms with Gasteiger partial charge in [0.15, 0.2) is 0 Å². The summed E-state index contributed by atoms with van der Waals surface area (Å²) in [4.78, 5) is 25.5. The number of aryl methyl sites for hydroxylation is 1. The molecule has 2 aromatic carbocycles. The van der Waals surface area contributed by atoms with Gasteiger partial charge in [-0.2, -0.15) is 0 Å². The van der Waals surface area contributed by atoms with Crippen molar-refractivity contribution in [1.29, 1.82) is 0 Å². The van der Waals surface area contributed by atoms with Crippen LogP contribution in [-0.2, 0) is 21.2 Å². The van der Waals surface area contributed by atoms with Crippen LogP contribution in [0.5, 0.6) is 0 Å². The molecule has 3 rings (SSSR count). The van der Waals surface area contributed by atoms with Gasteiger partial charge in [-0.25, -0.2) is 13.2 Å². The maximum absolute atomic E-state index is 13.4. The number of esters is 1. The minimum absolute atomic E-state index is 0.242. The molecule has 0 aliphatic carbocycles. The quantitative estimate of drug-likeness (QED) is 0.561. The van der Waals surface area contributed by atoms with E-state index in [2.05, 4.69) is 0 Å². The van der Waals surface area contributed by atoms with Crippen molar-refractivity contribution in [2.45, 2.75) is 26.3 Å². The summed E-state index contributed by atoms with van der Waals surface area (Å²) in [5.41, 5.74) is 2.21. The van der Waals surface area contributed by atoms with Crippen molar-refractivity contribution in [1.82, 2.24) is 4.57 Å². The van der Waals surface area contributed by atoms with Crippen LogP contribution in [0, 0.1) is 0 Å². The summed E-state index contributed by atoms with van der Waals surface area (Å²) >= 11 is 0. The van der Waals surface area contributed by atoms with Gasteiger partial charge in [-0.1, -0.05) is 37.3 Å². The molecule has 1 atom stereocenters. The second-order valence-electron chi connectivity index (χ2n) is 7.01. The molecule has 0 saturated heterocycles. The third-order valence-corrected chi connectivity index (χ3v) is 6.26. The van der Waals surface area contributed by atoms with E-state index < -0.39 is 27.9 Å². The third kappa shape index (κ3) is 3.95. The first-order valence-electron chi connectivity index (χ1n) is 9.50. The van der Waals surface area contributed by atoms with Gasteiger partial charge in [0.1, 0.15) is 6.04 Å². The van der Waals surface area contributed by atoms with E-state index in [-0.39, 0.29) is 5.56 Å². The van der Waals surface area contributed by atoms with E-state index >= 15 is 0 Å². The molecule has 0 N–H and O–H groups in total. The van der Waals surface area contributed by atoms with Crippen LogP contribution < -0.4 is 4.31 Å². The molecule has 0 amide bonds. The van der Waals surface area contributed by atoms with E-state index in [9.17, 15) is 18.0 Å². The number of rotatable bonds is 6. The minimum atomic E-state index is -3.75. The monoisotopic (exact) mass is 428 g/mol. The fourth-order valence-electron chi connectivity index (χ4n) is 3.52. The van der Waals surface area contributed by atoms with Crippen molar-refractivity contribution in [2.75, 3.05) is 17.7 Å². The molecule has 0 saturated carbocycles. The second-order valence-corrected chi connectivity index (χ2v) is 8.87. The number of hydrogen-bond acceptors (Lipinski definition) is 5. The number of anilines is 1. The molecule has 0 fully saturated rings. The number of sulfonamides is 1. The Morgan fingerprint density at radius 3 is 2.30 bits per heavy atom. The summed E-state index contributed by atoms with van der Waals surface area (Å²) in [5.74, 6) is -1.05. The highest BCUT2D eigenvalue weighted by atomic mass is 32.2. The van der Waals surface area contributed by atoms with E-state index in [1.165, 1.54) is 24.8 Å². The summed E-state index contributed by atoms with van der Waals surface area (Å²) in [7, 11) is -2.48. The number of ether oxygens (including phenoxy) is 1. The number of aromatic nitrogens is 1. The number of hydrogen-bond donors (Lipinski definition) is 0. The highest BCUT2D eigenvalue weighted by molar-refractivity contribution is 7.92. The lowest BCUT2D eigenvalue weighted by Crippen LogP contribution is -2.44. The number of nitrogens with zero attached hydrogens (tertiary/aromatic N) is 2. The molecule has 7 nitrogen and oxygen atoms in total. The standard InChI is InChI=1S/C22H24N2O5S/c1-5-16-10-12-17(13-11-16)24(30(4,27)28)15(2)21(25)23-14-19(22(26)29-3)18-8-6-7-9-20(18)23/h6-15H,5H2,1-4H3/t15-/m0/s1. The Balaban J connectivity index is 2.09. The molecule has 0 bridgehead atoms. The Morgan fingerprint density at radius 1 is 1.10 bits per heavy atom. The molecule has 0 spiro atoms. The molecule has 8 heteroatoms. The summed E-state index contributed by atoms with van der Waals surface area (Å²) in [6.45, 7) is 3.54. The van der Waals surface area contributed by atoms with Crippen molar-refractivity contribution in [3.63, 3.8) is 0 Å². The Hall–Kier alpha value is -3.13. The zero-order chi connectivity index (χ0) is 22.1. The normalized spacial score (nSPS) is 12.5. The van der Waals surface area contributed by atoms with Gasteiger partial charge >= 0.3 is 5.97 Å². The smallest absolute Gasteiger partial charge is 0.340 e. The summed E-state index contributed by atoms with van der Waals surface area (Å²) in [6.07, 6.45) is 3.29. The van der Waals surface area contributed by atoms with Gasteiger partial charge in [-0.05, 0) is 37.1 Å². The van der Waals surface area contributed by atoms with Crippen LogP contribution in [0.25, 0.3) is 10.9 Å². The van der Waals surface area contributed by atoms with Crippen LogP contribution in [0.15, 0.2) is 54.7 Å². The van der Waals surface area contributed by atoms with Crippen molar-refractivity contribution in [3.8, 4) is 0 Å². The van der Waals surface area contributed by atoms with Gasteiger partial charge in [0.05, 0.1) is 30.1 Å². The van der Waals surface area contributed by atoms with E-state index in [4.69, 9.17) is 4.74 Å². The van der Waals surface area contributed by atoms with Gasteiger partial charge in [-0.3, -0.25) is 13.7 Å². The molecule has 158 valence electrons. The Morgan fingerprint density at radius 2 is 1.73 bits per heavy atom. The van der Waals surface area contributed by atoms with Crippen molar-refractivity contribution in [2.24, 2.45) is 0 Å². The fourth-order valence-corrected chi connectivity index (χ4v) is 4.69. The molecule has 0 aliphatic rings. The molecule has 3 aromatic rings. The van der Waals surface area contributed by atoms with Gasteiger partial charge in [-0.15, -0.1) is 0 Å². The van der Waals surface area contributed by atoms with Crippen molar-refractivity contribution in [3.05, 3.63) is 65.9 Å². The minimum Gasteiger partial charge on any atom is -0.465 e. The largest absolute Gasteiger partial charge is 0.465 e.